The Labute approximate surface area is 85.7 Å². The number of hydrogen-bond donors (Lipinski definition) is 2. The molecule has 0 spiro atoms. The first-order valence-electron chi connectivity index (χ1n) is 4.57. The molecular weight excluding hydrogens is 200 g/mol. The lowest BCUT2D eigenvalue weighted by Crippen LogP contribution is -2.48. The maximum atomic E-state index is 11.7. The van der Waals surface area contributed by atoms with Gasteiger partial charge in [-0.1, -0.05) is 24.2 Å². The molecule has 1 amide bonds. The van der Waals surface area contributed by atoms with Crippen molar-refractivity contribution in [1.29, 1.82) is 0 Å². The third-order valence-corrected chi connectivity index (χ3v) is 3.14. The zero-order valence-corrected chi connectivity index (χ0v) is 8.51. The molecule has 5 nitrogen and oxygen atoms in total. The van der Waals surface area contributed by atoms with Gasteiger partial charge in [0.2, 0.25) is 11.0 Å². The predicted octanol–water partition coefficient (Wildman–Crippen LogP) is 0.748. The zero-order valence-electron chi connectivity index (χ0n) is 7.69. The Morgan fingerprint density at radius 2 is 2.29 bits per heavy atom. The number of nitrogens with one attached hydrogen (secondary N) is 1. The summed E-state index contributed by atoms with van der Waals surface area (Å²) in [6.07, 6.45) is 3.58. The van der Waals surface area contributed by atoms with Crippen LogP contribution in [0.5, 0.6) is 0 Å². The molecular formula is C8H12N4OS. The Kier molecular flexibility index (Phi) is 2.47. The molecule has 0 radical (unpaired) electrons. The molecule has 14 heavy (non-hydrogen) atoms. The number of nitrogens with zero attached hydrogens (tertiary/aromatic N) is 2. The first kappa shape index (κ1) is 9.54. The van der Waals surface area contributed by atoms with Crippen molar-refractivity contribution in [3.8, 4) is 0 Å². The van der Waals surface area contributed by atoms with Crippen LogP contribution < -0.4 is 11.1 Å². The van der Waals surface area contributed by atoms with Gasteiger partial charge >= 0.3 is 0 Å². The molecule has 1 aliphatic rings. The fourth-order valence-corrected chi connectivity index (χ4v) is 2.12. The fraction of sp³-hybridized carbons (Fsp3) is 0.625. The number of hydrogen-bond acceptors (Lipinski definition) is 5. The highest BCUT2D eigenvalue weighted by Crippen LogP contribution is 2.28. The highest BCUT2D eigenvalue weighted by molar-refractivity contribution is 7.13. The highest BCUT2D eigenvalue weighted by atomic mass is 32.1. The summed E-state index contributed by atoms with van der Waals surface area (Å²) in [5, 5.41) is 10.6. The van der Waals surface area contributed by atoms with Gasteiger partial charge in [0.25, 0.3) is 0 Å². The van der Waals surface area contributed by atoms with Crippen LogP contribution in [0.25, 0.3) is 0 Å². The van der Waals surface area contributed by atoms with Gasteiger partial charge in [0.1, 0.15) is 5.51 Å². The summed E-state index contributed by atoms with van der Waals surface area (Å²) in [5.74, 6) is -0.133. The molecule has 6 heteroatoms. The summed E-state index contributed by atoms with van der Waals surface area (Å²) < 4.78 is 0. The van der Waals surface area contributed by atoms with Gasteiger partial charge in [0.15, 0.2) is 0 Å². The molecule has 0 aromatic carbocycles. The van der Waals surface area contributed by atoms with E-state index in [1.165, 1.54) is 11.3 Å². The van der Waals surface area contributed by atoms with Crippen molar-refractivity contribution in [3.05, 3.63) is 5.51 Å². The van der Waals surface area contributed by atoms with E-state index in [0.29, 0.717) is 5.13 Å². The third-order valence-electron chi connectivity index (χ3n) is 2.53. The van der Waals surface area contributed by atoms with Gasteiger partial charge < -0.3 is 5.73 Å². The van der Waals surface area contributed by atoms with Crippen LogP contribution in [0.3, 0.4) is 0 Å². The van der Waals surface area contributed by atoms with E-state index in [1.807, 2.05) is 0 Å². The molecule has 2 rings (SSSR count). The van der Waals surface area contributed by atoms with Crippen molar-refractivity contribution in [3.63, 3.8) is 0 Å². The summed E-state index contributed by atoms with van der Waals surface area (Å²) in [5.41, 5.74) is 6.85. The van der Waals surface area contributed by atoms with Gasteiger partial charge in [-0.25, -0.2) is 0 Å². The summed E-state index contributed by atoms with van der Waals surface area (Å²) in [6.45, 7) is 0. The maximum absolute atomic E-state index is 11.7. The number of nitrogens with two attached hydrogens (primary N) is 1. The largest absolute Gasteiger partial charge is 0.317 e. The number of aromatic nitrogens is 2. The summed E-state index contributed by atoms with van der Waals surface area (Å²) in [7, 11) is 0. The molecule has 0 bridgehead atoms. The first-order valence-corrected chi connectivity index (χ1v) is 5.45. The zero-order chi connectivity index (χ0) is 10.0. The molecule has 0 atom stereocenters. The van der Waals surface area contributed by atoms with Crippen LogP contribution in [-0.2, 0) is 4.79 Å². The normalized spacial score (nSPS) is 19.5. The molecule has 1 saturated carbocycles. The van der Waals surface area contributed by atoms with Gasteiger partial charge in [-0.2, -0.15) is 0 Å². The molecule has 1 aromatic heterocycles. The number of amides is 1. The second-order valence-electron chi connectivity index (χ2n) is 3.56. The molecule has 0 saturated heterocycles. The second kappa shape index (κ2) is 3.62. The van der Waals surface area contributed by atoms with E-state index in [4.69, 9.17) is 5.73 Å². The van der Waals surface area contributed by atoms with Crippen molar-refractivity contribution in [2.24, 2.45) is 5.73 Å². The van der Waals surface area contributed by atoms with Crippen molar-refractivity contribution in [2.75, 3.05) is 5.32 Å². The lowest BCUT2D eigenvalue weighted by atomic mass is 9.98. The van der Waals surface area contributed by atoms with E-state index in [9.17, 15) is 4.79 Å². The Morgan fingerprint density at radius 3 is 2.86 bits per heavy atom. The van der Waals surface area contributed by atoms with Crippen LogP contribution in [0, 0.1) is 0 Å². The second-order valence-corrected chi connectivity index (χ2v) is 4.39. The molecule has 0 aliphatic heterocycles. The van der Waals surface area contributed by atoms with E-state index < -0.39 is 5.54 Å². The van der Waals surface area contributed by atoms with E-state index in [2.05, 4.69) is 15.5 Å². The summed E-state index contributed by atoms with van der Waals surface area (Å²) in [6, 6.07) is 0. The van der Waals surface area contributed by atoms with E-state index in [-0.39, 0.29) is 5.91 Å². The minimum absolute atomic E-state index is 0.133. The van der Waals surface area contributed by atoms with Crippen molar-refractivity contribution < 1.29 is 4.79 Å². The Hall–Kier alpha value is -1.01. The van der Waals surface area contributed by atoms with Crippen molar-refractivity contribution in [1.82, 2.24) is 10.2 Å². The smallest absolute Gasteiger partial charge is 0.246 e. The quantitative estimate of drug-likeness (QED) is 0.758. The molecule has 76 valence electrons. The van der Waals surface area contributed by atoms with E-state index in [1.54, 1.807) is 5.51 Å². The molecule has 3 N–H and O–H groups in total. The van der Waals surface area contributed by atoms with Crippen LogP contribution in [-0.4, -0.2) is 21.6 Å². The molecule has 0 unspecified atom stereocenters. The van der Waals surface area contributed by atoms with Crippen molar-refractivity contribution >= 4 is 22.4 Å². The van der Waals surface area contributed by atoms with Crippen LogP contribution in [0.1, 0.15) is 25.7 Å². The molecule has 1 fully saturated rings. The monoisotopic (exact) mass is 212 g/mol. The van der Waals surface area contributed by atoms with Gasteiger partial charge in [-0.15, -0.1) is 10.2 Å². The molecule has 1 aliphatic carbocycles. The third kappa shape index (κ3) is 1.76. The fourth-order valence-electron chi connectivity index (χ4n) is 1.68. The highest BCUT2D eigenvalue weighted by Gasteiger charge is 2.37. The number of carbonyl (C=O) groups is 1. The van der Waals surface area contributed by atoms with Crippen LogP contribution in [0.4, 0.5) is 5.13 Å². The topological polar surface area (TPSA) is 80.9 Å². The molecule has 1 aromatic rings. The van der Waals surface area contributed by atoms with Gasteiger partial charge in [0, 0.05) is 0 Å². The van der Waals surface area contributed by atoms with Gasteiger partial charge in [-0.05, 0) is 12.8 Å². The van der Waals surface area contributed by atoms with Gasteiger partial charge in [-0.3, -0.25) is 10.1 Å². The number of carbonyl (C=O) groups excluding carboxylic acids is 1. The molecule has 1 heterocycles. The lowest BCUT2D eigenvalue weighted by Gasteiger charge is -2.20. The number of rotatable bonds is 2. The Bertz CT molecular complexity index is 318. The average Bonchev–Trinajstić information content (AvgIpc) is 2.76. The van der Waals surface area contributed by atoms with E-state index >= 15 is 0 Å². The summed E-state index contributed by atoms with van der Waals surface area (Å²) in [4.78, 5) is 11.7. The van der Waals surface area contributed by atoms with Gasteiger partial charge in [0.05, 0.1) is 5.54 Å². The minimum Gasteiger partial charge on any atom is -0.317 e. The standard InChI is InChI=1S/C8H12N4OS/c9-8(3-1-2-4-8)6(13)11-7-12-10-5-14-7/h5H,1-4,9H2,(H,11,12,13). The minimum atomic E-state index is -0.689. The van der Waals surface area contributed by atoms with Crippen LogP contribution in [0.2, 0.25) is 0 Å². The Morgan fingerprint density at radius 1 is 1.57 bits per heavy atom. The summed E-state index contributed by atoms with van der Waals surface area (Å²) >= 11 is 1.30. The lowest BCUT2D eigenvalue weighted by molar-refractivity contribution is -0.121. The van der Waals surface area contributed by atoms with Crippen molar-refractivity contribution in [2.45, 2.75) is 31.2 Å². The first-order chi connectivity index (χ1) is 6.71. The predicted molar refractivity (Wildman–Crippen MR) is 53.9 cm³/mol. The number of anilines is 1. The van der Waals surface area contributed by atoms with E-state index in [0.717, 1.165) is 25.7 Å². The van der Waals surface area contributed by atoms with Crippen LogP contribution in [0.15, 0.2) is 5.51 Å². The Balaban J connectivity index is 2.02. The average molecular weight is 212 g/mol. The maximum Gasteiger partial charge on any atom is 0.246 e. The van der Waals surface area contributed by atoms with Crippen LogP contribution >= 0.6 is 11.3 Å². The SMILES string of the molecule is NC1(C(=O)Nc2nncs2)CCCC1.